The third-order valence-corrected chi connectivity index (χ3v) is 4.18. The maximum Gasteiger partial charge on any atom is 0.246 e. The van der Waals surface area contributed by atoms with E-state index in [-0.39, 0.29) is 5.91 Å². The smallest absolute Gasteiger partial charge is 0.246 e. The first-order chi connectivity index (χ1) is 11.5. The van der Waals surface area contributed by atoms with Gasteiger partial charge in [-0.25, -0.2) is 0 Å². The van der Waals surface area contributed by atoms with Gasteiger partial charge in [-0.1, -0.05) is 24.3 Å². The molecule has 1 aromatic carbocycles. The van der Waals surface area contributed by atoms with E-state index in [4.69, 9.17) is 0 Å². The minimum absolute atomic E-state index is 0.0270. The monoisotopic (exact) mass is 319 g/mol. The van der Waals surface area contributed by atoms with Crippen molar-refractivity contribution in [1.82, 2.24) is 14.5 Å². The highest BCUT2D eigenvalue weighted by Gasteiger charge is 2.10. The van der Waals surface area contributed by atoms with Gasteiger partial charge in [0.15, 0.2) is 0 Å². The summed E-state index contributed by atoms with van der Waals surface area (Å²) in [5.74, 6) is -0.0270. The minimum Gasteiger partial charge on any atom is -0.346 e. The van der Waals surface area contributed by atoms with E-state index in [1.165, 1.54) is 10.9 Å². The molecule has 2 aromatic heterocycles. The second kappa shape index (κ2) is 6.71. The van der Waals surface area contributed by atoms with Gasteiger partial charge in [0.25, 0.3) is 0 Å². The van der Waals surface area contributed by atoms with Crippen molar-refractivity contribution in [3.05, 3.63) is 71.7 Å². The Bertz CT molecular complexity index is 891. The predicted molar refractivity (Wildman–Crippen MR) is 97.4 cm³/mol. The minimum atomic E-state index is -0.0270. The number of nitrogens with zero attached hydrogens (tertiary/aromatic N) is 3. The highest BCUT2D eigenvalue weighted by Crippen LogP contribution is 2.19. The van der Waals surface area contributed by atoms with Crippen LogP contribution >= 0.6 is 0 Å². The average Bonchev–Trinajstić information content (AvgIpc) is 2.90. The number of carbonyl (C=O) groups excluding carboxylic acids is 1. The normalized spacial score (nSPS) is 11.3. The second-order valence-electron chi connectivity index (χ2n) is 6.01. The van der Waals surface area contributed by atoms with Crippen LogP contribution in [0.2, 0.25) is 0 Å². The number of amides is 1. The number of pyridine rings is 1. The molecule has 0 saturated heterocycles. The lowest BCUT2D eigenvalue weighted by Gasteiger charge is -2.15. The number of hydrogen-bond donors (Lipinski definition) is 0. The molecule has 1 amide bonds. The van der Waals surface area contributed by atoms with Crippen molar-refractivity contribution in [1.29, 1.82) is 0 Å². The van der Waals surface area contributed by atoms with Crippen LogP contribution in [0.4, 0.5) is 0 Å². The lowest BCUT2D eigenvalue weighted by atomic mass is 10.2. The van der Waals surface area contributed by atoms with Crippen LogP contribution in [0.15, 0.2) is 54.7 Å². The Kier molecular flexibility index (Phi) is 4.47. The van der Waals surface area contributed by atoms with Crippen LogP contribution in [-0.2, 0) is 18.4 Å². The molecule has 4 heteroatoms. The number of para-hydroxylation sites is 1. The number of likely N-dealkylation sites (N-methyl/N-ethyl adjacent to an activating group) is 1. The van der Waals surface area contributed by atoms with Crippen molar-refractivity contribution in [2.75, 3.05) is 7.05 Å². The van der Waals surface area contributed by atoms with Crippen molar-refractivity contribution in [3.8, 4) is 0 Å². The molecule has 0 unspecified atom stereocenters. The molecule has 0 aliphatic rings. The lowest BCUT2D eigenvalue weighted by molar-refractivity contribution is -0.125. The number of aromatic nitrogens is 2. The topological polar surface area (TPSA) is 38.1 Å². The molecule has 2 heterocycles. The lowest BCUT2D eigenvalue weighted by Crippen LogP contribution is -2.25. The SMILES string of the molecule is Cc1ccc(/C=C/C(=O)N(C)Cc2cc3ccccc3n2C)cn1. The van der Waals surface area contributed by atoms with Crippen LogP contribution in [0.3, 0.4) is 0 Å². The Morgan fingerprint density at radius 3 is 2.75 bits per heavy atom. The first-order valence-electron chi connectivity index (χ1n) is 7.94. The zero-order valence-corrected chi connectivity index (χ0v) is 14.2. The summed E-state index contributed by atoms with van der Waals surface area (Å²) in [4.78, 5) is 18.3. The molecule has 0 saturated carbocycles. The third kappa shape index (κ3) is 3.38. The number of carbonyl (C=O) groups is 1. The largest absolute Gasteiger partial charge is 0.346 e. The van der Waals surface area contributed by atoms with E-state index in [0.717, 1.165) is 17.0 Å². The zero-order chi connectivity index (χ0) is 17.1. The van der Waals surface area contributed by atoms with Crippen LogP contribution in [0.1, 0.15) is 17.0 Å². The van der Waals surface area contributed by atoms with Crippen LogP contribution in [0, 0.1) is 6.92 Å². The summed E-state index contributed by atoms with van der Waals surface area (Å²) in [6.07, 6.45) is 5.16. The summed E-state index contributed by atoms with van der Waals surface area (Å²) >= 11 is 0. The van der Waals surface area contributed by atoms with E-state index < -0.39 is 0 Å². The third-order valence-electron chi connectivity index (χ3n) is 4.18. The average molecular weight is 319 g/mol. The highest BCUT2D eigenvalue weighted by molar-refractivity contribution is 5.91. The van der Waals surface area contributed by atoms with Gasteiger partial charge in [0.1, 0.15) is 0 Å². The van der Waals surface area contributed by atoms with Crippen LogP contribution in [0.5, 0.6) is 0 Å². The molecule has 0 radical (unpaired) electrons. The Morgan fingerprint density at radius 1 is 1.25 bits per heavy atom. The molecule has 0 N–H and O–H groups in total. The highest BCUT2D eigenvalue weighted by atomic mass is 16.2. The Morgan fingerprint density at radius 2 is 2.04 bits per heavy atom. The summed E-state index contributed by atoms with van der Waals surface area (Å²) < 4.78 is 2.13. The van der Waals surface area contributed by atoms with Gasteiger partial charge in [-0.3, -0.25) is 9.78 Å². The Labute approximate surface area is 142 Å². The Balaban J connectivity index is 1.71. The van der Waals surface area contributed by atoms with Gasteiger partial charge in [-0.2, -0.15) is 0 Å². The van der Waals surface area contributed by atoms with E-state index in [1.807, 2.05) is 45.3 Å². The fraction of sp³-hybridized carbons (Fsp3) is 0.200. The zero-order valence-electron chi connectivity index (χ0n) is 14.2. The second-order valence-corrected chi connectivity index (χ2v) is 6.01. The summed E-state index contributed by atoms with van der Waals surface area (Å²) in [7, 11) is 3.85. The standard InChI is InChI=1S/C20H21N3O/c1-15-8-9-16(13-21-15)10-11-20(24)22(2)14-18-12-17-6-4-5-7-19(17)23(18)3/h4-13H,14H2,1-3H3/b11-10+. The van der Waals surface area contributed by atoms with Crippen molar-refractivity contribution >= 4 is 22.9 Å². The number of hydrogen-bond acceptors (Lipinski definition) is 2. The van der Waals surface area contributed by atoms with Gasteiger partial charge < -0.3 is 9.47 Å². The van der Waals surface area contributed by atoms with E-state index in [9.17, 15) is 4.79 Å². The summed E-state index contributed by atoms with van der Waals surface area (Å²) in [5.41, 5.74) is 4.17. The van der Waals surface area contributed by atoms with Gasteiger partial charge in [-0.15, -0.1) is 0 Å². The molecule has 0 bridgehead atoms. The van der Waals surface area contributed by atoms with E-state index in [1.54, 1.807) is 23.2 Å². The fourth-order valence-corrected chi connectivity index (χ4v) is 2.69. The van der Waals surface area contributed by atoms with E-state index >= 15 is 0 Å². The molecule has 122 valence electrons. The van der Waals surface area contributed by atoms with Crippen LogP contribution < -0.4 is 0 Å². The van der Waals surface area contributed by atoms with Crippen LogP contribution in [-0.4, -0.2) is 27.4 Å². The number of rotatable bonds is 4. The molecule has 4 nitrogen and oxygen atoms in total. The quantitative estimate of drug-likeness (QED) is 0.690. The van der Waals surface area contributed by atoms with Gasteiger partial charge in [0, 0.05) is 43.3 Å². The molecule has 0 aliphatic carbocycles. The number of fused-ring (bicyclic) bond motifs is 1. The van der Waals surface area contributed by atoms with Crippen molar-refractivity contribution in [2.24, 2.45) is 7.05 Å². The van der Waals surface area contributed by atoms with Crippen molar-refractivity contribution < 1.29 is 4.79 Å². The molecular weight excluding hydrogens is 298 g/mol. The molecule has 3 aromatic rings. The molecule has 24 heavy (non-hydrogen) atoms. The summed E-state index contributed by atoms with van der Waals surface area (Å²) in [5, 5.41) is 1.19. The van der Waals surface area contributed by atoms with E-state index in [0.29, 0.717) is 6.54 Å². The predicted octanol–water partition coefficient (Wildman–Crippen LogP) is 3.55. The number of benzene rings is 1. The summed E-state index contributed by atoms with van der Waals surface area (Å²) in [6.45, 7) is 2.51. The van der Waals surface area contributed by atoms with Gasteiger partial charge in [0.2, 0.25) is 5.91 Å². The Hall–Kier alpha value is -2.88. The van der Waals surface area contributed by atoms with Gasteiger partial charge >= 0.3 is 0 Å². The molecule has 0 aliphatic heterocycles. The molecular formula is C20H21N3O. The van der Waals surface area contributed by atoms with Gasteiger partial charge in [-0.05, 0) is 42.1 Å². The molecule has 0 fully saturated rings. The fourth-order valence-electron chi connectivity index (χ4n) is 2.69. The summed E-state index contributed by atoms with van der Waals surface area (Å²) in [6, 6.07) is 14.3. The van der Waals surface area contributed by atoms with Crippen molar-refractivity contribution in [3.63, 3.8) is 0 Å². The molecule has 0 atom stereocenters. The van der Waals surface area contributed by atoms with Crippen molar-refractivity contribution in [2.45, 2.75) is 13.5 Å². The molecule has 0 spiro atoms. The molecule has 3 rings (SSSR count). The first kappa shape index (κ1) is 16.0. The maximum atomic E-state index is 12.3. The van der Waals surface area contributed by atoms with Crippen LogP contribution in [0.25, 0.3) is 17.0 Å². The van der Waals surface area contributed by atoms with E-state index in [2.05, 4.69) is 27.8 Å². The van der Waals surface area contributed by atoms with Gasteiger partial charge in [0.05, 0.1) is 6.54 Å². The number of aryl methyl sites for hydroxylation is 2. The first-order valence-corrected chi connectivity index (χ1v) is 7.94. The maximum absolute atomic E-state index is 12.3.